The second-order valence-corrected chi connectivity index (χ2v) is 6.44. The topological polar surface area (TPSA) is 58.6 Å². The lowest BCUT2D eigenvalue weighted by Crippen LogP contribution is -2.48. The second kappa shape index (κ2) is 6.73. The third kappa shape index (κ3) is 3.06. The summed E-state index contributed by atoms with van der Waals surface area (Å²) in [5.74, 6) is 1.18. The third-order valence-electron chi connectivity index (χ3n) is 4.85. The molecule has 126 valence electrons. The van der Waals surface area contributed by atoms with Crippen molar-refractivity contribution < 1.29 is 9.53 Å². The first-order chi connectivity index (χ1) is 11.8. The van der Waals surface area contributed by atoms with Gasteiger partial charge in [0.1, 0.15) is 5.82 Å². The number of carbonyl (C=O) groups excluding carboxylic acids is 1. The molecule has 0 radical (unpaired) electrons. The zero-order valence-corrected chi connectivity index (χ0v) is 13.7. The average Bonchev–Trinajstić information content (AvgIpc) is 2.68. The summed E-state index contributed by atoms with van der Waals surface area (Å²) in [6.07, 6.45) is 3.78. The fraction of sp³-hybridized carbons (Fsp3) is 0.500. The molecule has 1 aromatic heterocycles. The van der Waals surface area contributed by atoms with Crippen molar-refractivity contribution in [2.75, 3.05) is 44.3 Å². The highest BCUT2D eigenvalue weighted by molar-refractivity contribution is 5.80. The quantitative estimate of drug-likeness (QED) is 0.841. The van der Waals surface area contributed by atoms with Crippen LogP contribution in [0.1, 0.15) is 12.8 Å². The number of amides is 1. The number of ether oxygens (including phenoxy) is 1. The Bertz CT molecular complexity index is 730. The molecule has 24 heavy (non-hydrogen) atoms. The molecule has 1 amide bonds. The average molecular weight is 326 g/mol. The van der Waals surface area contributed by atoms with E-state index in [9.17, 15) is 4.79 Å². The van der Waals surface area contributed by atoms with Crippen LogP contribution in [-0.2, 0) is 9.53 Å². The summed E-state index contributed by atoms with van der Waals surface area (Å²) in [5, 5.41) is 0. The number of rotatable bonds is 2. The zero-order valence-electron chi connectivity index (χ0n) is 13.7. The molecule has 0 saturated carbocycles. The van der Waals surface area contributed by atoms with Crippen molar-refractivity contribution in [2.24, 2.45) is 5.92 Å². The Balaban J connectivity index is 1.50. The standard InChI is InChI=1S/C18H22N4O2/c23-18(21-8-10-24-11-9-21)14-4-3-7-22(13-14)17-12-19-15-5-1-2-6-16(15)20-17/h1-2,5-6,12,14H,3-4,7-11,13H2/t14-/m1/s1. The lowest BCUT2D eigenvalue weighted by Gasteiger charge is -2.36. The van der Waals surface area contributed by atoms with Crippen molar-refractivity contribution in [3.63, 3.8) is 0 Å². The normalized spacial score (nSPS) is 21.9. The van der Waals surface area contributed by atoms with Crippen LogP contribution in [0.25, 0.3) is 11.0 Å². The van der Waals surface area contributed by atoms with E-state index in [-0.39, 0.29) is 11.8 Å². The van der Waals surface area contributed by atoms with Crippen molar-refractivity contribution in [3.8, 4) is 0 Å². The summed E-state index contributed by atoms with van der Waals surface area (Å²) in [5.41, 5.74) is 1.80. The number of aromatic nitrogens is 2. The number of carbonyl (C=O) groups is 1. The van der Waals surface area contributed by atoms with Crippen LogP contribution in [0.5, 0.6) is 0 Å². The van der Waals surface area contributed by atoms with Gasteiger partial charge in [-0.1, -0.05) is 12.1 Å². The Kier molecular flexibility index (Phi) is 4.30. The van der Waals surface area contributed by atoms with Gasteiger partial charge >= 0.3 is 0 Å². The van der Waals surface area contributed by atoms with Gasteiger partial charge in [-0.3, -0.25) is 9.78 Å². The van der Waals surface area contributed by atoms with Crippen molar-refractivity contribution in [1.82, 2.24) is 14.9 Å². The monoisotopic (exact) mass is 326 g/mol. The summed E-state index contributed by atoms with van der Waals surface area (Å²) >= 11 is 0. The van der Waals surface area contributed by atoms with Gasteiger partial charge < -0.3 is 14.5 Å². The first kappa shape index (κ1) is 15.3. The fourth-order valence-corrected chi connectivity index (χ4v) is 3.53. The summed E-state index contributed by atoms with van der Waals surface area (Å²) < 4.78 is 5.35. The molecule has 0 unspecified atom stereocenters. The zero-order chi connectivity index (χ0) is 16.4. The molecule has 2 saturated heterocycles. The van der Waals surface area contributed by atoms with E-state index >= 15 is 0 Å². The Hall–Kier alpha value is -2.21. The van der Waals surface area contributed by atoms with Crippen LogP contribution >= 0.6 is 0 Å². The summed E-state index contributed by atoms with van der Waals surface area (Å²) in [7, 11) is 0. The van der Waals surface area contributed by atoms with Gasteiger partial charge in [-0.2, -0.15) is 0 Å². The molecule has 0 bridgehead atoms. The second-order valence-electron chi connectivity index (χ2n) is 6.44. The number of hydrogen-bond acceptors (Lipinski definition) is 5. The van der Waals surface area contributed by atoms with E-state index < -0.39 is 0 Å². The van der Waals surface area contributed by atoms with Gasteiger partial charge in [-0.05, 0) is 25.0 Å². The minimum atomic E-state index is 0.0464. The first-order valence-corrected chi connectivity index (χ1v) is 8.64. The van der Waals surface area contributed by atoms with E-state index in [1.165, 1.54) is 0 Å². The maximum Gasteiger partial charge on any atom is 0.227 e. The third-order valence-corrected chi connectivity index (χ3v) is 4.85. The van der Waals surface area contributed by atoms with Crippen LogP contribution in [0.4, 0.5) is 5.82 Å². The number of piperidine rings is 1. The highest BCUT2D eigenvalue weighted by Crippen LogP contribution is 2.24. The summed E-state index contributed by atoms with van der Waals surface area (Å²) in [6.45, 7) is 4.38. The van der Waals surface area contributed by atoms with Crippen LogP contribution in [0.15, 0.2) is 30.5 Å². The molecule has 1 aromatic carbocycles. The molecule has 2 aliphatic heterocycles. The lowest BCUT2D eigenvalue weighted by atomic mass is 9.96. The van der Waals surface area contributed by atoms with Crippen molar-refractivity contribution >= 4 is 22.8 Å². The largest absolute Gasteiger partial charge is 0.378 e. The Morgan fingerprint density at radius 1 is 1.12 bits per heavy atom. The molecule has 6 heteroatoms. The predicted molar refractivity (Wildman–Crippen MR) is 91.9 cm³/mol. The molecule has 1 atom stereocenters. The molecule has 0 aliphatic carbocycles. The maximum atomic E-state index is 12.8. The van der Waals surface area contributed by atoms with Gasteiger partial charge in [-0.25, -0.2) is 4.98 Å². The molecule has 2 aromatic rings. The number of anilines is 1. The van der Waals surface area contributed by atoms with E-state index in [4.69, 9.17) is 9.72 Å². The van der Waals surface area contributed by atoms with E-state index in [1.54, 1.807) is 0 Å². The van der Waals surface area contributed by atoms with Crippen molar-refractivity contribution in [1.29, 1.82) is 0 Å². The van der Waals surface area contributed by atoms with Crippen LogP contribution in [0.2, 0.25) is 0 Å². The Labute approximate surface area is 141 Å². The van der Waals surface area contributed by atoms with E-state index in [2.05, 4.69) is 9.88 Å². The summed E-state index contributed by atoms with van der Waals surface area (Å²) in [4.78, 5) is 26.1. The number of morpholine rings is 1. The maximum absolute atomic E-state index is 12.8. The molecule has 3 heterocycles. The van der Waals surface area contributed by atoms with Crippen LogP contribution in [0, 0.1) is 5.92 Å². The fourth-order valence-electron chi connectivity index (χ4n) is 3.53. The SMILES string of the molecule is O=C([C@@H]1CCCN(c2cnc3ccccc3n2)C1)N1CCOCC1. The lowest BCUT2D eigenvalue weighted by molar-refractivity contribution is -0.139. The molecule has 4 rings (SSSR count). The molecule has 0 spiro atoms. The molecule has 2 fully saturated rings. The molecule has 0 N–H and O–H groups in total. The van der Waals surface area contributed by atoms with Gasteiger partial charge in [0.05, 0.1) is 36.4 Å². The highest BCUT2D eigenvalue weighted by atomic mass is 16.5. The molecular formula is C18H22N4O2. The highest BCUT2D eigenvalue weighted by Gasteiger charge is 2.30. The number of hydrogen-bond donors (Lipinski definition) is 0. The van der Waals surface area contributed by atoms with Gasteiger partial charge in [0.15, 0.2) is 0 Å². The van der Waals surface area contributed by atoms with E-state index in [0.29, 0.717) is 26.3 Å². The first-order valence-electron chi connectivity index (χ1n) is 8.64. The van der Waals surface area contributed by atoms with Crippen LogP contribution in [-0.4, -0.2) is 60.2 Å². The van der Waals surface area contributed by atoms with Gasteiger partial charge in [0.2, 0.25) is 5.91 Å². The van der Waals surface area contributed by atoms with Crippen molar-refractivity contribution in [3.05, 3.63) is 30.5 Å². The number of fused-ring (bicyclic) bond motifs is 1. The van der Waals surface area contributed by atoms with E-state index in [0.717, 1.165) is 42.8 Å². The summed E-state index contributed by atoms with van der Waals surface area (Å²) in [6, 6.07) is 7.88. The smallest absolute Gasteiger partial charge is 0.227 e. The Morgan fingerprint density at radius 3 is 2.75 bits per heavy atom. The number of nitrogens with zero attached hydrogens (tertiary/aromatic N) is 4. The Morgan fingerprint density at radius 2 is 1.92 bits per heavy atom. The van der Waals surface area contributed by atoms with Crippen LogP contribution < -0.4 is 4.90 Å². The molecule has 2 aliphatic rings. The number of para-hydroxylation sites is 2. The van der Waals surface area contributed by atoms with Gasteiger partial charge in [0, 0.05) is 26.2 Å². The van der Waals surface area contributed by atoms with Gasteiger partial charge in [0.25, 0.3) is 0 Å². The van der Waals surface area contributed by atoms with Crippen LogP contribution in [0.3, 0.4) is 0 Å². The minimum Gasteiger partial charge on any atom is -0.378 e. The van der Waals surface area contributed by atoms with Crippen molar-refractivity contribution in [2.45, 2.75) is 12.8 Å². The molecular weight excluding hydrogens is 304 g/mol. The van der Waals surface area contributed by atoms with Gasteiger partial charge in [-0.15, -0.1) is 0 Å². The predicted octanol–water partition coefficient (Wildman–Crippen LogP) is 1.70. The minimum absolute atomic E-state index is 0.0464. The molecule has 6 nitrogen and oxygen atoms in total. The number of benzene rings is 1. The van der Waals surface area contributed by atoms with E-state index in [1.807, 2.05) is 35.4 Å².